The number of imidazole rings is 1. The van der Waals surface area contributed by atoms with Crippen LogP contribution >= 0.6 is 0 Å². The van der Waals surface area contributed by atoms with Crippen molar-refractivity contribution < 1.29 is 4.74 Å². The third-order valence-electron chi connectivity index (χ3n) is 4.26. The highest BCUT2D eigenvalue weighted by atomic mass is 16.5. The molecular weight excluding hydrogens is 338 g/mol. The van der Waals surface area contributed by atoms with E-state index >= 15 is 0 Å². The van der Waals surface area contributed by atoms with Crippen molar-refractivity contribution in [3.05, 3.63) is 72.9 Å². The Bertz CT molecular complexity index is 1010. The minimum atomic E-state index is -0.0502. The molecule has 1 aromatic carbocycles. The summed E-state index contributed by atoms with van der Waals surface area (Å²) in [5.74, 6) is 0.755. The van der Waals surface area contributed by atoms with Crippen molar-refractivity contribution in [1.82, 2.24) is 24.7 Å². The molecule has 0 spiro atoms. The monoisotopic (exact) mass is 359 g/mol. The Morgan fingerprint density at radius 1 is 1.15 bits per heavy atom. The lowest BCUT2D eigenvalue weighted by atomic mass is 10.1. The summed E-state index contributed by atoms with van der Waals surface area (Å²) in [4.78, 5) is 8.77. The van der Waals surface area contributed by atoms with Crippen LogP contribution in [0.25, 0.3) is 22.6 Å². The number of nitrogens with one attached hydrogen (secondary N) is 1. The summed E-state index contributed by atoms with van der Waals surface area (Å²) in [6.07, 6.45) is 5.26. The van der Waals surface area contributed by atoms with Gasteiger partial charge in [0.15, 0.2) is 0 Å². The number of aryl methyl sites for hydroxylation is 1. The highest BCUT2D eigenvalue weighted by Crippen LogP contribution is 2.30. The number of aromatic nitrogens is 5. The van der Waals surface area contributed by atoms with Gasteiger partial charge in [-0.05, 0) is 32.0 Å². The Hall–Kier alpha value is -3.41. The predicted octanol–water partition coefficient (Wildman–Crippen LogP) is 4.11. The molecule has 4 aromatic rings. The van der Waals surface area contributed by atoms with Gasteiger partial charge >= 0.3 is 0 Å². The molecule has 1 unspecified atom stereocenters. The largest absolute Gasteiger partial charge is 0.487 e. The summed E-state index contributed by atoms with van der Waals surface area (Å²) in [6.45, 7) is 4.68. The fourth-order valence-electron chi connectivity index (χ4n) is 3.10. The first kappa shape index (κ1) is 17.0. The van der Waals surface area contributed by atoms with E-state index < -0.39 is 0 Å². The van der Waals surface area contributed by atoms with Crippen LogP contribution in [0, 0.1) is 6.92 Å². The Morgan fingerprint density at radius 3 is 2.70 bits per heavy atom. The predicted molar refractivity (Wildman–Crippen MR) is 104 cm³/mol. The standard InChI is InChI=1S/C21H21N5O/c1-15-11-19(25-24-15)21-20(17-7-4-3-5-8-17)23-14-26(21)13-16(2)27-18-9-6-10-22-12-18/h3-12,14,16H,13H2,1-2H3,(H,24,25). The van der Waals surface area contributed by atoms with E-state index in [1.165, 1.54) is 0 Å². The van der Waals surface area contributed by atoms with Gasteiger partial charge in [0, 0.05) is 17.5 Å². The molecule has 0 aliphatic rings. The summed E-state index contributed by atoms with van der Waals surface area (Å²) in [5.41, 5.74) is 4.84. The van der Waals surface area contributed by atoms with Crippen molar-refractivity contribution in [2.24, 2.45) is 0 Å². The number of hydrogen-bond donors (Lipinski definition) is 1. The fourth-order valence-corrected chi connectivity index (χ4v) is 3.10. The van der Waals surface area contributed by atoms with Crippen LogP contribution in [0.5, 0.6) is 5.75 Å². The lowest BCUT2D eigenvalue weighted by molar-refractivity contribution is 0.199. The normalized spacial score (nSPS) is 12.1. The zero-order valence-electron chi connectivity index (χ0n) is 15.3. The number of ether oxygens (including phenoxy) is 1. The van der Waals surface area contributed by atoms with E-state index in [9.17, 15) is 0 Å². The zero-order chi connectivity index (χ0) is 18.6. The molecule has 0 radical (unpaired) electrons. The Balaban J connectivity index is 1.67. The molecule has 0 fully saturated rings. The second-order valence-corrected chi connectivity index (χ2v) is 6.51. The third-order valence-corrected chi connectivity index (χ3v) is 4.26. The van der Waals surface area contributed by atoms with Crippen LogP contribution in [0.4, 0.5) is 0 Å². The van der Waals surface area contributed by atoms with Crippen LogP contribution in [0.2, 0.25) is 0 Å². The van der Waals surface area contributed by atoms with Gasteiger partial charge in [-0.25, -0.2) is 4.98 Å². The van der Waals surface area contributed by atoms with Crippen molar-refractivity contribution in [3.63, 3.8) is 0 Å². The summed E-state index contributed by atoms with van der Waals surface area (Å²) in [5, 5.41) is 7.49. The minimum Gasteiger partial charge on any atom is -0.487 e. The van der Waals surface area contributed by atoms with Gasteiger partial charge in [-0.1, -0.05) is 30.3 Å². The quantitative estimate of drug-likeness (QED) is 0.562. The zero-order valence-corrected chi connectivity index (χ0v) is 15.3. The molecule has 6 nitrogen and oxygen atoms in total. The van der Waals surface area contributed by atoms with Crippen LogP contribution in [-0.4, -0.2) is 30.8 Å². The minimum absolute atomic E-state index is 0.0502. The first-order valence-electron chi connectivity index (χ1n) is 8.90. The molecule has 0 saturated heterocycles. The topological polar surface area (TPSA) is 68.6 Å². The lowest BCUT2D eigenvalue weighted by Gasteiger charge is -2.16. The highest BCUT2D eigenvalue weighted by molar-refractivity contribution is 5.76. The summed E-state index contributed by atoms with van der Waals surface area (Å²) in [6, 6.07) is 16.0. The van der Waals surface area contributed by atoms with Gasteiger partial charge < -0.3 is 9.30 Å². The summed E-state index contributed by atoms with van der Waals surface area (Å²) < 4.78 is 8.09. The molecule has 0 amide bonds. The molecule has 3 aromatic heterocycles. The van der Waals surface area contributed by atoms with Gasteiger partial charge in [0.05, 0.1) is 30.5 Å². The molecule has 0 aliphatic carbocycles. The average molecular weight is 359 g/mol. The molecule has 1 atom stereocenters. The van der Waals surface area contributed by atoms with Gasteiger partial charge in [0.25, 0.3) is 0 Å². The van der Waals surface area contributed by atoms with Crippen LogP contribution in [-0.2, 0) is 6.54 Å². The van der Waals surface area contributed by atoms with E-state index in [0.717, 1.165) is 34.1 Å². The number of H-pyrrole nitrogens is 1. The number of nitrogens with zero attached hydrogens (tertiary/aromatic N) is 4. The molecule has 4 rings (SSSR count). The van der Waals surface area contributed by atoms with E-state index in [0.29, 0.717) is 6.54 Å². The van der Waals surface area contributed by atoms with Crippen LogP contribution < -0.4 is 4.74 Å². The number of benzene rings is 1. The number of pyridine rings is 1. The molecule has 0 saturated carbocycles. The van der Waals surface area contributed by atoms with Gasteiger partial charge in [-0.15, -0.1) is 0 Å². The van der Waals surface area contributed by atoms with Crippen molar-refractivity contribution >= 4 is 0 Å². The molecule has 1 N–H and O–H groups in total. The molecule has 0 aliphatic heterocycles. The maximum atomic E-state index is 5.99. The second kappa shape index (κ2) is 7.45. The molecule has 3 heterocycles. The molecule has 136 valence electrons. The Morgan fingerprint density at radius 2 is 2.00 bits per heavy atom. The fraction of sp³-hybridized carbons (Fsp3) is 0.190. The number of rotatable bonds is 6. The molecular formula is C21H21N5O. The van der Waals surface area contributed by atoms with Gasteiger partial charge in [0.1, 0.15) is 17.5 Å². The van der Waals surface area contributed by atoms with Gasteiger partial charge in [-0.3, -0.25) is 10.1 Å². The van der Waals surface area contributed by atoms with E-state index in [1.54, 1.807) is 12.4 Å². The highest BCUT2D eigenvalue weighted by Gasteiger charge is 2.19. The van der Waals surface area contributed by atoms with Crippen molar-refractivity contribution in [1.29, 1.82) is 0 Å². The first-order chi connectivity index (χ1) is 13.2. The maximum absolute atomic E-state index is 5.99. The number of hydrogen-bond acceptors (Lipinski definition) is 4. The molecule has 27 heavy (non-hydrogen) atoms. The lowest BCUT2D eigenvalue weighted by Crippen LogP contribution is -2.19. The number of aromatic amines is 1. The summed E-state index contributed by atoms with van der Waals surface area (Å²) in [7, 11) is 0. The SMILES string of the molecule is Cc1cc(-c2c(-c3ccccc3)ncn2CC(C)Oc2cccnc2)n[nH]1. The van der Waals surface area contributed by atoms with E-state index in [1.807, 2.05) is 56.6 Å². The van der Waals surface area contributed by atoms with Crippen LogP contribution in [0.15, 0.2) is 67.3 Å². The summed E-state index contributed by atoms with van der Waals surface area (Å²) >= 11 is 0. The third kappa shape index (κ3) is 3.74. The van der Waals surface area contributed by atoms with E-state index in [2.05, 4.69) is 36.9 Å². The first-order valence-corrected chi connectivity index (χ1v) is 8.90. The molecule has 0 bridgehead atoms. The van der Waals surface area contributed by atoms with Gasteiger partial charge in [0.2, 0.25) is 0 Å². The van der Waals surface area contributed by atoms with Crippen molar-refractivity contribution in [2.75, 3.05) is 0 Å². The second-order valence-electron chi connectivity index (χ2n) is 6.51. The van der Waals surface area contributed by atoms with Crippen molar-refractivity contribution in [2.45, 2.75) is 26.5 Å². The van der Waals surface area contributed by atoms with Crippen LogP contribution in [0.3, 0.4) is 0 Å². The smallest absolute Gasteiger partial charge is 0.138 e. The average Bonchev–Trinajstić information content (AvgIpc) is 3.29. The van der Waals surface area contributed by atoms with E-state index in [4.69, 9.17) is 4.74 Å². The Labute approximate surface area is 157 Å². The van der Waals surface area contributed by atoms with E-state index in [-0.39, 0.29) is 6.10 Å². The van der Waals surface area contributed by atoms with Gasteiger partial charge in [-0.2, -0.15) is 5.10 Å². The molecule has 6 heteroatoms. The van der Waals surface area contributed by atoms with Crippen LogP contribution in [0.1, 0.15) is 12.6 Å². The maximum Gasteiger partial charge on any atom is 0.138 e. The Kier molecular flexibility index (Phi) is 4.70. The van der Waals surface area contributed by atoms with Crippen molar-refractivity contribution in [3.8, 4) is 28.4 Å².